The summed E-state index contributed by atoms with van der Waals surface area (Å²) in [5, 5.41) is 8.36. The number of nitriles is 1. The molecule has 12 heavy (non-hydrogen) atoms. The third-order valence-corrected chi connectivity index (χ3v) is 1.44. The van der Waals surface area contributed by atoms with Crippen molar-refractivity contribution in [2.24, 2.45) is 0 Å². The van der Waals surface area contributed by atoms with E-state index in [4.69, 9.17) is 10.00 Å². The Balaban J connectivity index is 0.00000121. The summed E-state index contributed by atoms with van der Waals surface area (Å²) in [4.78, 5) is 0. The van der Waals surface area contributed by atoms with Gasteiger partial charge in [0, 0.05) is 21.1 Å². The van der Waals surface area contributed by atoms with Crippen molar-refractivity contribution in [2.45, 2.75) is 6.42 Å². The maximum atomic E-state index is 8.36. The molecule has 0 unspecified atom stereocenters. The molecule has 0 N–H and O–H groups in total. The number of methoxy groups -OCH3 is 1. The van der Waals surface area contributed by atoms with Crippen molar-refractivity contribution in [3.63, 3.8) is 0 Å². The number of nitrogens with zero attached hydrogens (tertiary/aromatic N) is 1. The van der Waals surface area contributed by atoms with Crippen LogP contribution in [-0.2, 0) is 27.5 Å². The summed E-state index contributed by atoms with van der Waals surface area (Å²) in [5.41, 5.74) is 1.02. The third kappa shape index (κ3) is 3.07. The first-order chi connectivity index (χ1) is 5.36. The maximum Gasteiger partial charge on any atom is 0.118 e. The zero-order chi connectivity index (χ0) is 8.10. The van der Waals surface area contributed by atoms with Crippen molar-refractivity contribution in [1.29, 1.82) is 5.26 Å². The fourth-order valence-electron chi connectivity index (χ4n) is 0.835. The quantitative estimate of drug-likeness (QED) is 0.821. The predicted octanol–water partition coefficient (Wildman–Crippen LogP) is 1.76. The molecule has 0 saturated heterocycles. The first-order valence-corrected chi connectivity index (χ1v) is 3.36. The largest absolute Gasteiger partial charge is 0.497 e. The molecule has 3 heteroatoms. The minimum atomic E-state index is 0. The van der Waals surface area contributed by atoms with Crippen LogP contribution < -0.4 is 4.74 Å². The van der Waals surface area contributed by atoms with Crippen molar-refractivity contribution in [1.82, 2.24) is 0 Å². The Morgan fingerprint density at radius 1 is 1.33 bits per heavy atom. The molecule has 2 nitrogen and oxygen atoms in total. The second-order valence-corrected chi connectivity index (χ2v) is 2.18. The number of benzene rings is 1. The van der Waals surface area contributed by atoms with Gasteiger partial charge in [0.15, 0.2) is 0 Å². The van der Waals surface area contributed by atoms with Gasteiger partial charge < -0.3 is 4.74 Å². The molecule has 0 aromatic heterocycles. The van der Waals surface area contributed by atoms with Crippen LogP contribution in [0.15, 0.2) is 24.3 Å². The molecule has 0 amide bonds. The van der Waals surface area contributed by atoms with Crippen LogP contribution in [0, 0.1) is 11.3 Å². The average molecular weight is 342 g/mol. The molecule has 0 fully saturated rings. The van der Waals surface area contributed by atoms with E-state index in [2.05, 4.69) is 6.07 Å². The van der Waals surface area contributed by atoms with Crippen molar-refractivity contribution in [3.8, 4) is 11.8 Å². The molecule has 0 aliphatic heterocycles. The molecule has 0 saturated carbocycles. The van der Waals surface area contributed by atoms with Crippen LogP contribution >= 0.6 is 0 Å². The van der Waals surface area contributed by atoms with E-state index in [9.17, 15) is 0 Å². The summed E-state index contributed by atoms with van der Waals surface area (Å²) in [6.45, 7) is 0. The normalized spacial score (nSPS) is 8.00. The van der Waals surface area contributed by atoms with E-state index >= 15 is 0 Å². The number of hydrogen-bond acceptors (Lipinski definition) is 2. The Morgan fingerprint density at radius 3 is 2.33 bits per heavy atom. The molecular weight excluding hydrogens is 333 g/mol. The first kappa shape index (κ1) is 11.2. The van der Waals surface area contributed by atoms with Gasteiger partial charge in [-0.05, 0) is 17.7 Å². The van der Waals surface area contributed by atoms with Gasteiger partial charge >= 0.3 is 0 Å². The van der Waals surface area contributed by atoms with Crippen LogP contribution in [-0.4, -0.2) is 7.11 Å². The Kier molecular flexibility index (Phi) is 5.41. The molecule has 1 rings (SSSR count). The topological polar surface area (TPSA) is 33.0 Å². The van der Waals surface area contributed by atoms with E-state index in [0.717, 1.165) is 11.3 Å². The van der Waals surface area contributed by atoms with Gasteiger partial charge in [0.2, 0.25) is 0 Å². The summed E-state index contributed by atoms with van der Waals surface area (Å²) < 4.78 is 4.96. The molecule has 0 spiro atoms. The van der Waals surface area contributed by atoms with E-state index in [1.165, 1.54) is 0 Å². The van der Waals surface area contributed by atoms with Gasteiger partial charge in [0.1, 0.15) is 5.75 Å². The van der Waals surface area contributed by atoms with Crippen LogP contribution in [0.5, 0.6) is 5.75 Å². The number of rotatable bonds is 2. The van der Waals surface area contributed by atoms with Gasteiger partial charge in [-0.25, -0.2) is 0 Å². The summed E-state index contributed by atoms with van der Waals surface area (Å²) in [6.07, 6.45) is 0.462. The fraction of sp³-hybridized carbons (Fsp3) is 0.222. The van der Waals surface area contributed by atoms with Crippen molar-refractivity contribution in [2.75, 3.05) is 7.11 Å². The average Bonchev–Trinajstić information content (AvgIpc) is 2.07. The third-order valence-electron chi connectivity index (χ3n) is 1.44. The molecule has 1 aromatic carbocycles. The molecule has 0 heterocycles. The summed E-state index contributed by atoms with van der Waals surface area (Å²) >= 11 is 0. The molecule has 1 aromatic rings. The van der Waals surface area contributed by atoms with Gasteiger partial charge in [-0.3, -0.25) is 0 Å². The molecule has 0 atom stereocenters. The van der Waals surface area contributed by atoms with Crippen LogP contribution in [0.4, 0.5) is 0 Å². The van der Waals surface area contributed by atoms with Crippen LogP contribution in [0.2, 0.25) is 0 Å². The molecular formula is C9H9NOPt. The number of hydrogen-bond donors (Lipinski definition) is 0. The zero-order valence-electron chi connectivity index (χ0n) is 6.69. The molecule has 0 bridgehead atoms. The van der Waals surface area contributed by atoms with Gasteiger partial charge in [-0.15, -0.1) is 0 Å². The minimum Gasteiger partial charge on any atom is -0.497 e. The Labute approximate surface area is 86.4 Å². The Hall–Kier alpha value is -0.802. The van der Waals surface area contributed by atoms with Crippen molar-refractivity contribution in [3.05, 3.63) is 29.8 Å². The monoisotopic (exact) mass is 342 g/mol. The standard InChI is InChI=1S/C9H9NO.Pt/c1-11-9-4-2-8(3-5-9)6-7-10;/h2-5H,6H2,1H3;. The van der Waals surface area contributed by atoms with Crippen LogP contribution in [0.25, 0.3) is 0 Å². The van der Waals surface area contributed by atoms with Gasteiger partial charge in [0.05, 0.1) is 19.6 Å². The van der Waals surface area contributed by atoms with E-state index in [1.807, 2.05) is 24.3 Å². The van der Waals surface area contributed by atoms with E-state index in [1.54, 1.807) is 7.11 Å². The van der Waals surface area contributed by atoms with Gasteiger partial charge in [-0.1, -0.05) is 12.1 Å². The number of ether oxygens (including phenoxy) is 1. The van der Waals surface area contributed by atoms with E-state index < -0.39 is 0 Å². The van der Waals surface area contributed by atoms with Crippen LogP contribution in [0.3, 0.4) is 0 Å². The molecule has 0 aliphatic rings. The fourth-order valence-corrected chi connectivity index (χ4v) is 0.835. The summed E-state index contributed by atoms with van der Waals surface area (Å²) in [6, 6.07) is 9.57. The maximum absolute atomic E-state index is 8.36. The summed E-state index contributed by atoms with van der Waals surface area (Å²) in [7, 11) is 1.62. The smallest absolute Gasteiger partial charge is 0.118 e. The van der Waals surface area contributed by atoms with Crippen LogP contribution in [0.1, 0.15) is 5.56 Å². The molecule has 0 aliphatic carbocycles. The zero-order valence-corrected chi connectivity index (χ0v) is 8.96. The molecule has 66 valence electrons. The van der Waals surface area contributed by atoms with Gasteiger partial charge in [0.25, 0.3) is 0 Å². The second-order valence-electron chi connectivity index (χ2n) is 2.18. The Morgan fingerprint density at radius 2 is 1.92 bits per heavy atom. The minimum absolute atomic E-state index is 0. The van der Waals surface area contributed by atoms with E-state index in [0.29, 0.717) is 6.42 Å². The van der Waals surface area contributed by atoms with Crippen molar-refractivity contribution >= 4 is 0 Å². The Bertz CT molecular complexity index is 263. The molecule has 0 radical (unpaired) electrons. The summed E-state index contributed by atoms with van der Waals surface area (Å²) in [5.74, 6) is 0.826. The second kappa shape index (κ2) is 5.80. The SMILES string of the molecule is COc1ccc(CC#N)cc1.[Pt]. The predicted molar refractivity (Wildman–Crippen MR) is 42.3 cm³/mol. The van der Waals surface area contributed by atoms with E-state index in [-0.39, 0.29) is 21.1 Å². The first-order valence-electron chi connectivity index (χ1n) is 3.36. The van der Waals surface area contributed by atoms with Gasteiger partial charge in [-0.2, -0.15) is 5.26 Å². The van der Waals surface area contributed by atoms with Crippen molar-refractivity contribution < 1.29 is 25.8 Å².